The first-order chi connectivity index (χ1) is 13.9. The van der Waals surface area contributed by atoms with Crippen LogP contribution in [0.1, 0.15) is 32.0 Å². The number of thiazole rings is 1. The highest BCUT2D eigenvalue weighted by Gasteiger charge is 2.17. The van der Waals surface area contributed by atoms with Gasteiger partial charge in [0.25, 0.3) is 11.8 Å². The van der Waals surface area contributed by atoms with E-state index in [0.29, 0.717) is 22.7 Å². The van der Waals surface area contributed by atoms with Crippen molar-refractivity contribution < 1.29 is 18.7 Å². The predicted molar refractivity (Wildman–Crippen MR) is 110 cm³/mol. The number of amides is 2. The van der Waals surface area contributed by atoms with Crippen molar-refractivity contribution in [3.05, 3.63) is 40.2 Å². The van der Waals surface area contributed by atoms with Crippen LogP contribution in [-0.2, 0) is 4.74 Å². The van der Waals surface area contributed by atoms with Crippen LogP contribution in [0.4, 0.5) is 15.2 Å². The van der Waals surface area contributed by atoms with Gasteiger partial charge in [-0.15, -0.1) is 0 Å². The lowest BCUT2D eigenvalue weighted by Gasteiger charge is -2.26. The summed E-state index contributed by atoms with van der Waals surface area (Å²) in [5.41, 5.74) is 6.31. The van der Waals surface area contributed by atoms with Crippen molar-refractivity contribution in [2.45, 2.75) is 13.3 Å². The molecule has 1 aromatic carbocycles. The Labute approximate surface area is 172 Å². The molecule has 0 bridgehead atoms. The number of hydrogen-bond acceptors (Lipinski definition) is 7. The molecule has 2 amide bonds. The van der Waals surface area contributed by atoms with Gasteiger partial charge in [-0.3, -0.25) is 14.5 Å². The van der Waals surface area contributed by atoms with Crippen LogP contribution < -0.4 is 16.4 Å². The number of nitrogen functional groups attached to an aromatic ring is 1. The molecule has 1 aromatic heterocycles. The number of carbonyl (C=O) groups excluding carboxylic acids is 2. The molecule has 1 saturated heterocycles. The SMILES string of the molecule is Cc1cc(F)c(C(=O)NCCCN2CCOCC2)cc1NC(=O)c1cnc(N)s1. The number of aromatic nitrogens is 1. The molecule has 8 nitrogen and oxygen atoms in total. The lowest BCUT2D eigenvalue weighted by Crippen LogP contribution is -2.38. The number of ether oxygens (including phenoxy) is 1. The Morgan fingerprint density at radius 2 is 2.07 bits per heavy atom. The van der Waals surface area contributed by atoms with Gasteiger partial charge in [0.2, 0.25) is 0 Å². The molecular formula is C19H24FN5O3S. The molecule has 4 N–H and O–H groups in total. The van der Waals surface area contributed by atoms with Gasteiger partial charge >= 0.3 is 0 Å². The van der Waals surface area contributed by atoms with Crippen molar-refractivity contribution in [3.63, 3.8) is 0 Å². The van der Waals surface area contributed by atoms with Gasteiger partial charge in [-0.1, -0.05) is 11.3 Å². The van der Waals surface area contributed by atoms with E-state index in [-0.39, 0.29) is 10.7 Å². The van der Waals surface area contributed by atoms with Gasteiger partial charge in [0.15, 0.2) is 5.13 Å². The van der Waals surface area contributed by atoms with Gasteiger partial charge in [0, 0.05) is 25.3 Å². The Kier molecular flexibility index (Phi) is 7.13. The van der Waals surface area contributed by atoms with Crippen LogP contribution in [0.25, 0.3) is 0 Å². The first-order valence-electron chi connectivity index (χ1n) is 9.35. The smallest absolute Gasteiger partial charge is 0.267 e. The maximum absolute atomic E-state index is 14.3. The van der Waals surface area contributed by atoms with E-state index in [1.54, 1.807) is 6.92 Å². The molecule has 0 spiro atoms. The van der Waals surface area contributed by atoms with Crippen molar-refractivity contribution in [1.82, 2.24) is 15.2 Å². The highest BCUT2D eigenvalue weighted by atomic mass is 32.1. The molecule has 1 fully saturated rings. The summed E-state index contributed by atoms with van der Waals surface area (Å²) in [6.45, 7) is 6.16. The second-order valence-corrected chi connectivity index (χ2v) is 7.79. The predicted octanol–water partition coefficient (Wildman–Crippen LogP) is 1.88. The highest BCUT2D eigenvalue weighted by molar-refractivity contribution is 7.17. The van der Waals surface area contributed by atoms with Crippen molar-refractivity contribution in [3.8, 4) is 0 Å². The number of aryl methyl sites for hydroxylation is 1. The molecule has 1 aliphatic heterocycles. The molecule has 2 aromatic rings. The van der Waals surface area contributed by atoms with Gasteiger partial charge in [0.1, 0.15) is 10.7 Å². The summed E-state index contributed by atoms with van der Waals surface area (Å²) in [6.07, 6.45) is 2.13. The summed E-state index contributed by atoms with van der Waals surface area (Å²) in [4.78, 5) is 31.2. The van der Waals surface area contributed by atoms with Gasteiger partial charge in [-0.2, -0.15) is 0 Å². The quantitative estimate of drug-likeness (QED) is 0.589. The van der Waals surface area contributed by atoms with Crippen LogP contribution in [0.2, 0.25) is 0 Å². The third kappa shape index (κ3) is 5.72. The lowest BCUT2D eigenvalue weighted by atomic mass is 10.1. The fourth-order valence-corrected chi connectivity index (χ4v) is 3.56. The molecule has 3 rings (SSSR count). The average molecular weight is 421 g/mol. The Hall–Kier alpha value is -2.56. The molecule has 0 unspecified atom stereocenters. The van der Waals surface area contributed by atoms with Gasteiger partial charge in [-0.05, 0) is 37.6 Å². The van der Waals surface area contributed by atoms with Gasteiger partial charge in [-0.25, -0.2) is 9.37 Å². The summed E-state index contributed by atoms with van der Waals surface area (Å²) in [5, 5.41) is 5.70. The summed E-state index contributed by atoms with van der Waals surface area (Å²) in [6, 6.07) is 2.59. The lowest BCUT2D eigenvalue weighted by molar-refractivity contribution is 0.0374. The first kappa shape index (κ1) is 21.2. The van der Waals surface area contributed by atoms with Crippen LogP contribution in [-0.4, -0.2) is 61.1 Å². The van der Waals surface area contributed by atoms with Crippen molar-refractivity contribution in [2.24, 2.45) is 0 Å². The van der Waals surface area contributed by atoms with E-state index in [2.05, 4.69) is 20.5 Å². The molecule has 2 heterocycles. The maximum Gasteiger partial charge on any atom is 0.267 e. The maximum atomic E-state index is 14.3. The standard InChI is InChI=1S/C19H24FN5O3S/c1-12-9-14(20)13(10-15(12)24-18(27)16-11-23-19(21)29-16)17(26)22-3-2-4-25-5-7-28-8-6-25/h9-11H,2-8H2,1H3,(H2,21,23)(H,22,26)(H,24,27). The molecular weight excluding hydrogens is 397 g/mol. The van der Waals surface area contributed by atoms with Gasteiger partial charge < -0.3 is 21.1 Å². The van der Waals surface area contributed by atoms with Crippen LogP contribution in [0.5, 0.6) is 0 Å². The third-order valence-electron chi connectivity index (χ3n) is 4.59. The zero-order valence-corrected chi connectivity index (χ0v) is 17.0. The second kappa shape index (κ2) is 9.77. The minimum absolute atomic E-state index is 0.110. The normalized spacial score (nSPS) is 14.6. The van der Waals surface area contributed by atoms with E-state index in [0.717, 1.165) is 50.6 Å². The molecule has 0 saturated carbocycles. The topological polar surface area (TPSA) is 110 Å². The van der Waals surface area contributed by atoms with Crippen molar-refractivity contribution >= 4 is 34.0 Å². The summed E-state index contributed by atoms with van der Waals surface area (Å²) in [7, 11) is 0. The fourth-order valence-electron chi connectivity index (χ4n) is 2.98. The molecule has 29 heavy (non-hydrogen) atoms. The monoisotopic (exact) mass is 421 g/mol. The average Bonchev–Trinajstić information content (AvgIpc) is 3.14. The number of halogens is 1. The van der Waals surface area contributed by atoms with E-state index in [1.165, 1.54) is 18.3 Å². The fraction of sp³-hybridized carbons (Fsp3) is 0.421. The van der Waals surface area contributed by atoms with E-state index in [4.69, 9.17) is 10.5 Å². The van der Waals surface area contributed by atoms with Crippen molar-refractivity contribution in [2.75, 3.05) is 50.4 Å². The number of benzene rings is 1. The molecule has 1 aliphatic rings. The summed E-state index contributed by atoms with van der Waals surface area (Å²) >= 11 is 1.05. The zero-order valence-electron chi connectivity index (χ0n) is 16.2. The van der Waals surface area contributed by atoms with Gasteiger partial charge in [0.05, 0.1) is 25.0 Å². The highest BCUT2D eigenvalue weighted by Crippen LogP contribution is 2.22. The van der Waals surface area contributed by atoms with E-state index >= 15 is 0 Å². The van der Waals surface area contributed by atoms with Crippen LogP contribution >= 0.6 is 11.3 Å². The summed E-state index contributed by atoms with van der Waals surface area (Å²) in [5.74, 6) is -1.55. The minimum Gasteiger partial charge on any atom is -0.379 e. The van der Waals surface area contributed by atoms with E-state index in [1.807, 2.05) is 0 Å². The number of rotatable bonds is 7. The van der Waals surface area contributed by atoms with Crippen molar-refractivity contribution in [1.29, 1.82) is 0 Å². The zero-order chi connectivity index (χ0) is 20.8. The number of nitrogens with zero attached hydrogens (tertiary/aromatic N) is 2. The Bertz CT molecular complexity index is 883. The second-order valence-electron chi connectivity index (χ2n) is 6.73. The van der Waals surface area contributed by atoms with E-state index < -0.39 is 17.6 Å². The number of carbonyl (C=O) groups is 2. The molecule has 0 aliphatic carbocycles. The largest absolute Gasteiger partial charge is 0.379 e. The van der Waals surface area contributed by atoms with E-state index in [9.17, 15) is 14.0 Å². The number of hydrogen-bond donors (Lipinski definition) is 3. The van der Waals surface area contributed by atoms with Crippen LogP contribution in [0.3, 0.4) is 0 Å². The third-order valence-corrected chi connectivity index (χ3v) is 5.42. The number of anilines is 2. The Morgan fingerprint density at radius 1 is 1.31 bits per heavy atom. The van der Waals surface area contributed by atoms with Crippen LogP contribution in [0, 0.1) is 12.7 Å². The first-order valence-corrected chi connectivity index (χ1v) is 10.2. The molecule has 0 radical (unpaired) electrons. The number of nitrogens with two attached hydrogens (primary N) is 1. The van der Waals surface area contributed by atoms with Crippen LogP contribution in [0.15, 0.2) is 18.3 Å². The Balaban J connectivity index is 1.58. The number of nitrogens with one attached hydrogen (secondary N) is 2. The molecule has 10 heteroatoms. The molecule has 0 atom stereocenters. The summed E-state index contributed by atoms with van der Waals surface area (Å²) < 4.78 is 19.6. The Morgan fingerprint density at radius 3 is 2.76 bits per heavy atom. The minimum atomic E-state index is -0.631. The molecule has 156 valence electrons. The number of morpholine rings is 1.